The monoisotopic (exact) mass is 141 g/mol. The molecule has 0 aromatic rings. The van der Waals surface area contributed by atoms with Gasteiger partial charge in [0.25, 0.3) is 0 Å². The van der Waals surface area contributed by atoms with Gasteiger partial charge in [0.05, 0.1) is 0 Å². The first-order chi connectivity index (χ1) is 4.42. The van der Waals surface area contributed by atoms with Crippen molar-refractivity contribution in [1.82, 2.24) is 5.32 Å². The van der Waals surface area contributed by atoms with E-state index in [1.807, 2.05) is 6.92 Å². The van der Waals surface area contributed by atoms with Crippen molar-refractivity contribution >= 4 is 0 Å². The summed E-state index contributed by atoms with van der Waals surface area (Å²) in [5.41, 5.74) is 1.49. The Morgan fingerprint density at radius 2 is 1.90 bits per heavy atom. The number of rotatable bonds is 3. The Morgan fingerprint density at radius 1 is 1.40 bits per heavy atom. The molecule has 0 rings (SSSR count). The summed E-state index contributed by atoms with van der Waals surface area (Å²) >= 11 is 0. The number of allylic oxidation sites excluding steroid dienone is 1. The minimum atomic E-state index is 0.433. The predicted molar refractivity (Wildman–Crippen MR) is 46.9 cm³/mol. The lowest BCUT2D eigenvalue weighted by Gasteiger charge is -2.18. The van der Waals surface area contributed by atoms with Crippen molar-refractivity contribution in [3.63, 3.8) is 0 Å². The second kappa shape index (κ2) is 3.65. The topological polar surface area (TPSA) is 12.0 Å². The molecule has 60 valence electrons. The Hall–Kier alpha value is -0.460. The summed E-state index contributed by atoms with van der Waals surface area (Å²) in [6, 6.07) is 0. The molecule has 0 amide bonds. The van der Waals surface area contributed by atoms with Crippen LogP contribution in [0.4, 0.5) is 0 Å². The molecular weight excluding hydrogens is 122 g/mol. The average Bonchev–Trinajstić information content (AvgIpc) is 1.59. The Balaban J connectivity index is 3.29. The van der Waals surface area contributed by atoms with Crippen molar-refractivity contribution < 1.29 is 0 Å². The summed E-state index contributed by atoms with van der Waals surface area (Å²) in [5.74, 6) is 0. The summed E-state index contributed by atoms with van der Waals surface area (Å²) < 4.78 is 0. The quantitative estimate of drug-likeness (QED) is 0.637. The molecule has 10 heavy (non-hydrogen) atoms. The van der Waals surface area contributed by atoms with Crippen LogP contribution in [0.5, 0.6) is 0 Å². The van der Waals surface area contributed by atoms with Gasteiger partial charge < -0.3 is 5.32 Å². The zero-order valence-electron chi connectivity index (χ0n) is 7.62. The lowest BCUT2D eigenvalue weighted by Crippen LogP contribution is -2.18. The van der Waals surface area contributed by atoms with Gasteiger partial charge in [0.1, 0.15) is 0 Å². The van der Waals surface area contributed by atoms with E-state index in [1.54, 1.807) is 0 Å². The summed E-state index contributed by atoms with van der Waals surface area (Å²) in [5, 5.41) is 3.21. The maximum absolute atomic E-state index is 3.76. The Bertz CT molecular complexity index is 108. The Morgan fingerprint density at radius 3 is 2.20 bits per heavy atom. The lowest BCUT2D eigenvalue weighted by atomic mass is 9.92. The first kappa shape index (κ1) is 9.54. The molecule has 0 aliphatic carbocycles. The fourth-order valence-electron chi connectivity index (χ4n) is 0.651. The van der Waals surface area contributed by atoms with E-state index in [9.17, 15) is 0 Å². The van der Waals surface area contributed by atoms with Gasteiger partial charge in [-0.3, -0.25) is 0 Å². The number of hydrogen-bond acceptors (Lipinski definition) is 1. The van der Waals surface area contributed by atoms with Crippen LogP contribution in [0.2, 0.25) is 0 Å². The molecule has 0 aromatic carbocycles. The van der Waals surface area contributed by atoms with Crippen molar-refractivity contribution in [2.24, 2.45) is 5.41 Å². The molecule has 1 nitrogen and oxygen atoms in total. The van der Waals surface area contributed by atoms with Crippen LogP contribution >= 0.6 is 0 Å². The van der Waals surface area contributed by atoms with Gasteiger partial charge in [-0.1, -0.05) is 27.4 Å². The van der Waals surface area contributed by atoms with E-state index in [1.165, 1.54) is 6.42 Å². The molecule has 0 heterocycles. The molecule has 0 spiro atoms. The Kier molecular flexibility index (Phi) is 3.48. The van der Waals surface area contributed by atoms with Gasteiger partial charge in [0.2, 0.25) is 0 Å². The van der Waals surface area contributed by atoms with Crippen LogP contribution in [0.1, 0.15) is 34.1 Å². The minimum Gasteiger partial charge on any atom is -0.389 e. The van der Waals surface area contributed by atoms with E-state index in [4.69, 9.17) is 0 Å². The van der Waals surface area contributed by atoms with Crippen molar-refractivity contribution in [2.45, 2.75) is 34.1 Å². The van der Waals surface area contributed by atoms with E-state index in [0.29, 0.717) is 5.41 Å². The molecule has 0 saturated heterocycles. The summed E-state index contributed by atoms with van der Waals surface area (Å²) in [6.45, 7) is 13.5. The Labute approximate surface area is 64.5 Å². The molecule has 0 aromatic heterocycles. The third-order valence-electron chi connectivity index (χ3n) is 1.30. The van der Waals surface area contributed by atoms with Gasteiger partial charge >= 0.3 is 0 Å². The minimum absolute atomic E-state index is 0.433. The van der Waals surface area contributed by atoms with Gasteiger partial charge in [-0.2, -0.15) is 0 Å². The molecule has 0 bridgehead atoms. The van der Waals surface area contributed by atoms with Crippen LogP contribution in [0.3, 0.4) is 0 Å². The van der Waals surface area contributed by atoms with Crippen LogP contribution in [0, 0.1) is 5.41 Å². The first-order valence-electron chi connectivity index (χ1n) is 3.81. The van der Waals surface area contributed by atoms with E-state index < -0.39 is 0 Å². The second-order valence-corrected chi connectivity index (χ2v) is 4.02. The fraction of sp³-hybridized carbons (Fsp3) is 0.778. The van der Waals surface area contributed by atoms with Crippen LogP contribution < -0.4 is 5.32 Å². The van der Waals surface area contributed by atoms with Gasteiger partial charge in [-0.25, -0.2) is 0 Å². The molecule has 0 atom stereocenters. The maximum Gasteiger partial charge on any atom is 0.0148 e. The molecule has 0 unspecified atom stereocenters. The highest BCUT2D eigenvalue weighted by Gasteiger charge is 2.08. The molecule has 0 fully saturated rings. The van der Waals surface area contributed by atoms with E-state index in [-0.39, 0.29) is 0 Å². The third-order valence-corrected chi connectivity index (χ3v) is 1.30. The molecule has 0 aliphatic heterocycles. The first-order valence-corrected chi connectivity index (χ1v) is 3.81. The van der Waals surface area contributed by atoms with Crippen molar-refractivity contribution in [3.8, 4) is 0 Å². The number of nitrogens with one attached hydrogen (secondary N) is 1. The van der Waals surface area contributed by atoms with Crippen molar-refractivity contribution in [3.05, 3.63) is 12.3 Å². The van der Waals surface area contributed by atoms with Gasteiger partial charge in [0, 0.05) is 12.2 Å². The van der Waals surface area contributed by atoms with Gasteiger partial charge in [-0.15, -0.1) is 0 Å². The van der Waals surface area contributed by atoms with E-state index >= 15 is 0 Å². The van der Waals surface area contributed by atoms with Crippen LogP contribution in [0.25, 0.3) is 0 Å². The predicted octanol–water partition coefficient (Wildman–Crippen LogP) is 2.55. The summed E-state index contributed by atoms with van der Waals surface area (Å²) in [4.78, 5) is 0. The smallest absolute Gasteiger partial charge is 0.0148 e. The average molecular weight is 141 g/mol. The largest absolute Gasteiger partial charge is 0.389 e. The highest BCUT2D eigenvalue weighted by Crippen LogP contribution is 2.16. The zero-order valence-corrected chi connectivity index (χ0v) is 7.62. The zero-order chi connectivity index (χ0) is 8.20. The van der Waals surface area contributed by atoms with Crippen LogP contribution in [-0.2, 0) is 0 Å². The molecule has 0 radical (unpaired) electrons. The molecular formula is C9H19N. The fourth-order valence-corrected chi connectivity index (χ4v) is 0.651. The van der Waals surface area contributed by atoms with Crippen molar-refractivity contribution in [2.75, 3.05) is 6.54 Å². The summed E-state index contributed by atoms with van der Waals surface area (Å²) in [6.07, 6.45) is 1.19. The van der Waals surface area contributed by atoms with Gasteiger partial charge in [0.15, 0.2) is 0 Å². The molecule has 0 aliphatic rings. The van der Waals surface area contributed by atoms with E-state index in [2.05, 4.69) is 32.7 Å². The highest BCUT2D eigenvalue weighted by atomic mass is 14.9. The normalized spacial score (nSPS) is 11.2. The molecule has 1 heteroatoms. The summed E-state index contributed by atoms with van der Waals surface area (Å²) in [7, 11) is 0. The number of hydrogen-bond donors (Lipinski definition) is 1. The molecule has 0 saturated carbocycles. The third kappa shape index (κ3) is 7.54. The highest BCUT2D eigenvalue weighted by molar-refractivity contribution is 4.84. The second-order valence-electron chi connectivity index (χ2n) is 4.02. The lowest BCUT2D eigenvalue weighted by molar-refractivity contribution is 0.374. The van der Waals surface area contributed by atoms with E-state index in [0.717, 1.165) is 12.2 Å². The standard InChI is InChI=1S/C9H19N/c1-8(2)10-7-6-9(3,4)5/h10H,1,6-7H2,2-5H3. The SMILES string of the molecule is C=C(C)NCCC(C)(C)C. The van der Waals surface area contributed by atoms with Crippen molar-refractivity contribution in [1.29, 1.82) is 0 Å². The van der Waals surface area contributed by atoms with Gasteiger partial charge in [-0.05, 0) is 18.8 Å². The van der Waals surface area contributed by atoms with Crippen LogP contribution in [0.15, 0.2) is 12.3 Å². The molecule has 1 N–H and O–H groups in total. The maximum atomic E-state index is 3.76. The van der Waals surface area contributed by atoms with Crippen LogP contribution in [-0.4, -0.2) is 6.54 Å².